The fourth-order valence-corrected chi connectivity index (χ4v) is 2.47. The zero-order chi connectivity index (χ0) is 16.9. The lowest BCUT2D eigenvalue weighted by Gasteiger charge is -2.38. The summed E-state index contributed by atoms with van der Waals surface area (Å²) in [6.45, 7) is 2.66. The third kappa shape index (κ3) is 3.75. The summed E-state index contributed by atoms with van der Waals surface area (Å²) in [5.74, 6) is -0.352. The summed E-state index contributed by atoms with van der Waals surface area (Å²) < 4.78 is 10.9. The zero-order valence-electron chi connectivity index (χ0n) is 13.6. The number of unbranched alkanes of at least 4 members (excludes halogenated alkanes) is 1. The number of carbonyl (C=O) groups excluding carboxylic acids is 1. The number of carboxylic acids is 1. The van der Waals surface area contributed by atoms with Crippen LogP contribution in [0.15, 0.2) is 18.2 Å². The average molecular weight is 321 g/mol. The van der Waals surface area contributed by atoms with E-state index in [4.69, 9.17) is 9.47 Å². The standard InChI is InChI=1S/C17H23NO5/c1-3-4-10-23-13-7-6-12(11-14(13)22-2)15(19)18-17(16(20)21)8-5-9-17/h6-7,11H,3-5,8-10H2,1-2H3,(H,18,19)(H,20,21). The molecule has 0 unspecified atom stereocenters. The first-order valence-corrected chi connectivity index (χ1v) is 7.89. The van der Waals surface area contributed by atoms with Crippen molar-refractivity contribution in [2.24, 2.45) is 0 Å². The molecular weight excluding hydrogens is 298 g/mol. The lowest BCUT2D eigenvalue weighted by atomic mass is 9.76. The molecule has 126 valence electrons. The molecule has 1 aromatic rings. The molecule has 6 nitrogen and oxygen atoms in total. The number of carboxylic acid groups (broad SMARTS) is 1. The van der Waals surface area contributed by atoms with Gasteiger partial charge < -0.3 is 19.9 Å². The van der Waals surface area contributed by atoms with E-state index in [9.17, 15) is 14.7 Å². The summed E-state index contributed by atoms with van der Waals surface area (Å²) in [6.07, 6.45) is 3.69. The summed E-state index contributed by atoms with van der Waals surface area (Å²) in [5, 5.41) is 11.9. The number of ether oxygens (including phenoxy) is 2. The van der Waals surface area contributed by atoms with Crippen molar-refractivity contribution in [2.75, 3.05) is 13.7 Å². The fraction of sp³-hybridized carbons (Fsp3) is 0.529. The predicted octanol–water partition coefficient (Wildman–Crippen LogP) is 2.61. The molecule has 0 aliphatic heterocycles. The molecule has 2 rings (SSSR count). The summed E-state index contributed by atoms with van der Waals surface area (Å²) in [5.41, 5.74) is -0.766. The van der Waals surface area contributed by atoms with Crippen molar-refractivity contribution in [3.05, 3.63) is 23.8 Å². The molecule has 2 N–H and O–H groups in total. The molecule has 6 heteroatoms. The van der Waals surface area contributed by atoms with Crippen LogP contribution < -0.4 is 14.8 Å². The van der Waals surface area contributed by atoms with Crippen molar-refractivity contribution in [3.63, 3.8) is 0 Å². The molecule has 1 aliphatic rings. The lowest BCUT2D eigenvalue weighted by molar-refractivity contribution is -0.148. The van der Waals surface area contributed by atoms with Crippen LogP contribution in [0.4, 0.5) is 0 Å². The molecule has 23 heavy (non-hydrogen) atoms. The topological polar surface area (TPSA) is 84.9 Å². The Morgan fingerprint density at radius 2 is 2.04 bits per heavy atom. The van der Waals surface area contributed by atoms with Crippen molar-refractivity contribution < 1.29 is 24.2 Å². The maximum absolute atomic E-state index is 12.3. The SMILES string of the molecule is CCCCOc1ccc(C(=O)NC2(C(=O)O)CCC2)cc1OC. The van der Waals surface area contributed by atoms with Crippen LogP contribution in [0.5, 0.6) is 11.5 Å². The van der Waals surface area contributed by atoms with E-state index in [1.807, 2.05) is 0 Å². The normalized spacial score (nSPS) is 15.4. The molecule has 0 saturated heterocycles. The van der Waals surface area contributed by atoms with Crippen LogP contribution in [0.1, 0.15) is 49.4 Å². The first-order chi connectivity index (χ1) is 11.0. The van der Waals surface area contributed by atoms with Crippen LogP contribution in [0.3, 0.4) is 0 Å². The maximum Gasteiger partial charge on any atom is 0.329 e. The summed E-state index contributed by atoms with van der Waals surface area (Å²) >= 11 is 0. The van der Waals surface area contributed by atoms with Crippen LogP contribution >= 0.6 is 0 Å². The Kier molecular flexibility index (Phi) is 5.47. The van der Waals surface area contributed by atoms with Gasteiger partial charge >= 0.3 is 5.97 Å². The third-order valence-corrected chi connectivity index (χ3v) is 4.15. The van der Waals surface area contributed by atoms with Gasteiger partial charge in [-0.2, -0.15) is 0 Å². The van der Waals surface area contributed by atoms with Gasteiger partial charge in [-0.1, -0.05) is 13.3 Å². The van der Waals surface area contributed by atoms with Crippen molar-refractivity contribution >= 4 is 11.9 Å². The summed E-state index contributed by atoms with van der Waals surface area (Å²) in [6, 6.07) is 4.87. The van der Waals surface area contributed by atoms with Crippen molar-refractivity contribution in [2.45, 2.75) is 44.6 Å². The number of benzene rings is 1. The summed E-state index contributed by atoms with van der Waals surface area (Å²) in [7, 11) is 1.51. The molecule has 0 heterocycles. The van der Waals surface area contributed by atoms with E-state index in [1.165, 1.54) is 7.11 Å². The van der Waals surface area contributed by atoms with Gasteiger partial charge in [0, 0.05) is 5.56 Å². The summed E-state index contributed by atoms with van der Waals surface area (Å²) in [4.78, 5) is 23.7. The van der Waals surface area contributed by atoms with Gasteiger partial charge in [0.1, 0.15) is 5.54 Å². The van der Waals surface area contributed by atoms with Gasteiger partial charge in [-0.3, -0.25) is 4.79 Å². The van der Waals surface area contributed by atoms with E-state index < -0.39 is 17.4 Å². The quantitative estimate of drug-likeness (QED) is 0.719. The predicted molar refractivity (Wildman–Crippen MR) is 85.1 cm³/mol. The van der Waals surface area contributed by atoms with Gasteiger partial charge in [-0.05, 0) is 43.9 Å². The van der Waals surface area contributed by atoms with Crippen LogP contribution in [0.2, 0.25) is 0 Å². The minimum Gasteiger partial charge on any atom is -0.493 e. The lowest BCUT2D eigenvalue weighted by Crippen LogP contribution is -2.59. The van der Waals surface area contributed by atoms with Gasteiger partial charge in [0.2, 0.25) is 0 Å². The first kappa shape index (κ1) is 17.1. The van der Waals surface area contributed by atoms with Gasteiger partial charge in [-0.25, -0.2) is 4.79 Å². The van der Waals surface area contributed by atoms with E-state index in [1.54, 1.807) is 18.2 Å². The number of amides is 1. The van der Waals surface area contributed by atoms with Crippen LogP contribution in [-0.4, -0.2) is 36.2 Å². The average Bonchev–Trinajstić information content (AvgIpc) is 2.50. The Morgan fingerprint density at radius 1 is 1.30 bits per heavy atom. The van der Waals surface area contributed by atoms with Crippen molar-refractivity contribution in [3.8, 4) is 11.5 Å². The van der Waals surface area contributed by atoms with E-state index in [0.29, 0.717) is 36.5 Å². The maximum atomic E-state index is 12.3. The van der Waals surface area contributed by atoms with E-state index in [-0.39, 0.29) is 0 Å². The Labute approximate surface area is 135 Å². The molecule has 0 aromatic heterocycles. The monoisotopic (exact) mass is 321 g/mol. The molecule has 0 spiro atoms. The Bertz CT molecular complexity index is 580. The molecule has 1 aliphatic carbocycles. The Morgan fingerprint density at radius 3 is 2.57 bits per heavy atom. The van der Waals surface area contributed by atoms with Gasteiger partial charge in [0.05, 0.1) is 13.7 Å². The van der Waals surface area contributed by atoms with Crippen molar-refractivity contribution in [1.29, 1.82) is 0 Å². The second kappa shape index (κ2) is 7.35. The van der Waals surface area contributed by atoms with Crippen LogP contribution in [0, 0.1) is 0 Å². The number of nitrogens with one attached hydrogen (secondary N) is 1. The molecule has 0 bridgehead atoms. The fourth-order valence-electron chi connectivity index (χ4n) is 2.47. The van der Waals surface area contributed by atoms with Crippen LogP contribution in [0.25, 0.3) is 0 Å². The number of aliphatic carboxylic acids is 1. The van der Waals surface area contributed by atoms with Gasteiger partial charge in [-0.15, -0.1) is 0 Å². The highest BCUT2D eigenvalue weighted by Gasteiger charge is 2.45. The molecule has 1 aromatic carbocycles. The van der Waals surface area contributed by atoms with Crippen LogP contribution in [-0.2, 0) is 4.79 Å². The number of hydrogen-bond donors (Lipinski definition) is 2. The second-order valence-electron chi connectivity index (χ2n) is 5.76. The number of rotatable bonds is 8. The molecular formula is C17H23NO5. The van der Waals surface area contributed by atoms with E-state index in [2.05, 4.69) is 12.2 Å². The van der Waals surface area contributed by atoms with Crippen molar-refractivity contribution in [1.82, 2.24) is 5.32 Å². The van der Waals surface area contributed by atoms with Gasteiger partial charge in [0.15, 0.2) is 11.5 Å². The molecule has 0 radical (unpaired) electrons. The Balaban J connectivity index is 2.10. The molecule has 1 amide bonds. The van der Waals surface area contributed by atoms with E-state index in [0.717, 1.165) is 19.3 Å². The number of methoxy groups -OCH3 is 1. The molecule has 1 fully saturated rings. The smallest absolute Gasteiger partial charge is 0.329 e. The largest absolute Gasteiger partial charge is 0.493 e. The third-order valence-electron chi connectivity index (χ3n) is 4.15. The minimum atomic E-state index is -1.12. The Hall–Kier alpha value is -2.24. The molecule has 1 saturated carbocycles. The first-order valence-electron chi connectivity index (χ1n) is 7.89. The second-order valence-corrected chi connectivity index (χ2v) is 5.76. The minimum absolute atomic E-state index is 0.359. The highest BCUT2D eigenvalue weighted by atomic mass is 16.5. The number of hydrogen-bond acceptors (Lipinski definition) is 4. The highest BCUT2D eigenvalue weighted by molar-refractivity contribution is 5.98. The van der Waals surface area contributed by atoms with E-state index >= 15 is 0 Å². The highest BCUT2D eigenvalue weighted by Crippen LogP contribution is 2.33. The number of carbonyl (C=O) groups is 2. The van der Waals surface area contributed by atoms with Gasteiger partial charge in [0.25, 0.3) is 5.91 Å². The zero-order valence-corrected chi connectivity index (χ0v) is 13.6. The molecule has 0 atom stereocenters.